The second kappa shape index (κ2) is 1.95. The molecule has 3 nitrogen and oxygen atoms in total. The Kier molecular flexibility index (Phi) is 1.09. The standard InChI is InChI=1S/C7H6FN3/c8-7-6-4(1-2-10-7)5(9)3-11-6/h1-3,11H,9H2. The predicted octanol–water partition coefficient (Wildman–Crippen LogP) is 1.28. The number of H-pyrrole nitrogens is 1. The van der Waals surface area contributed by atoms with Crippen molar-refractivity contribution in [1.82, 2.24) is 9.97 Å². The second-order valence-electron chi connectivity index (χ2n) is 2.27. The summed E-state index contributed by atoms with van der Waals surface area (Å²) in [4.78, 5) is 6.16. The highest BCUT2D eigenvalue weighted by Gasteiger charge is 2.04. The SMILES string of the molecule is Nc1c[nH]c2c(F)nccc12. The van der Waals surface area contributed by atoms with Crippen LogP contribution in [0, 0.1) is 5.95 Å². The van der Waals surface area contributed by atoms with Gasteiger partial charge in [0.05, 0.1) is 5.69 Å². The number of rotatable bonds is 0. The minimum atomic E-state index is -0.515. The van der Waals surface area contributed by atoms with Gasteiger partial charge in [0, 0.05) is 17.8 Å². The van der Waals surface area contributed by atoms with E-state index in [-0.39, 0.29) is 0 Å². The molecule has 2 heterocycles. The number of hydrogen-bond acceptors (Lipinski definition) is 2. The Hall–Kier alpha value is -1.58. The fourth-order valence-electron chi connectivity index (χ4n) is 1.04. The number of halogens is 1. The summed E-state index contributed by atoms with van der Waals surface area (Å²) in [7, 11) is 0. The summed E-state index contributed by atoms with van der Waals surface area (Å²) in [5.74, 6) is -0.515. The maximum absolute atomic E-state index is 12.8. The molecule has 0 fully saturated rings. The molecule has 0 saturated carbocycles. The normalized spacial score (nSPS) is 10.6. The zero-order valence-corrected chi connectivity index (χ0v) is 5.63. The summed E-state index contributed by atoms with van der Waals surface area (Å²) in [6.07, 6.45) is 2.94. The number of pyridine rings is 1. The fourth-order valence-corrected chi connectivity index (χ4v) is 1.04. The lowest BCUT2D eigenvalue weighted by molar-refractivity contribution is 0.594. The van der Waals surface area contributed by atoms with Crippen molar-refractivity contribution in [3.63, 3.8) is 0 Å². The number of hydrogen-bond donors (Lipinski definition) is 2. The van der Waals surface area contributed by atoms with Crippen LogP contribution >= 0.6 is 0 Å². The summed E-state index contributed by atoms with van der Waals surface area (Å²) in [5, 5.41) is 0.678. The molecule has 0 aliphatic carbocycles. The van der Waals surface area contributed by atoms with E-state index in [1.165, 1.54) is 6.20 Å². The van der Waals surface area contributed by atoms with Crippen molar-refractivity contribution in [3.05, 3.63) is 24.4 Å². The number of nitrogens with zero attached hydrogens (tertiary/aromatic N) is 1. The van der Waals surface area contributed by atoms with Crippen LogP contribution in [-0.2, 0) is 0 Å². The number of nitrogen functional groups attached to an aromatic ring is 1. The average Bonchev–Trinajstić information content (AvgIpc) is 2.35. The molecule has 0 aromatic carbocycles. The molecule has 0 aliphatic heterocycles. The molecule has 0 radical (unpaired) electrons. The Morgan fingerprint density at radius 1 is 1.55 bits per heavy atom. The van der Waals surface area contributed by atoms with Crippen molar-refractivity contribution in [2.45, 2.75) is 0 Å². The molecule has 0 saturated heterocycles. The van der Waals surface area contributed by atoms with Gasteiger partial charge in [-0.2, -0.15) is 4.39 Å². The fraction of sp³-hybridized carbons (Fsp3) is 0. The van der Waals surface area contributed by atoms with E-state index in [4.69, 9.17) is 5.73 Å². The third-order valence-corrected chi connectivity index (χ3v) is 1.59. The molecule has 0 amide bonds. The van der Waals surface area contributed by atoms with Crippen molar-refractivity contribution >= 4 is 16.6 Å². The van der Waals surface area contributed by atoms with E-state index in [2.05, 4.69) is 9.97 Å². The van der Waals surface area contributed by atoms with Crippen molar-refractivity contribution in [2.75, 3.05) is 5.73 Å². The quantitative estimate of drug-likeness (QED) is 0.557. The molecular formula is C7H6FN3. The van der Waals surface area contributed by atoms with Crippen LogP contribution in [-0.4, -0.2) is 9.97 Å². The Balaban J connectivity index is 2.94. The lowest BCUT2D eigenvalue weighted by Crippen LogP contribution is -1.84. The highest BCUT2D eigenvalue weighted by Crippen LogP contribution is 2.20. The molecular weight excluding hydrogens is 145 g/mol. The molecule has 0 unspecified atom stereocenters. The second-order valence-corrected chi connectivity index (χ2v) is 2.27. The third kappa shape index (κ3) is 0.756. The summed E-state index contributed by atoms with van der Waals surface area (Å²) in [6, 6.07) is 1.67. The zero-order valence-electron chi connectivity index (χ0n) is 5.63. The van der Waals surface area contributed by atoms with Crippen LogP contribution in [0.3, 0.4) is 0 Å². The van der Waals surface area contributed by atoms with Crippen LogP contribution in [0.1, 0.15) is 0 Å². The van der Waals surface area contributed by atoms with Gasteiger partial charge in [0.2, 0.25) is 5.95 Å². The average molecular weight is 151 g/mol. The summed E-state index contributed by atoms with van der Waals surface area (Å²) in [5.41, 5.74) is 6.43. The number of nitrogens with one attached hydrogen (secondary N) is 1. The summed E-state index contributed by atoms with van der Waals surface area (Å²) in [6.45, 7) is 0. The van der Waals surface area contributed by atoms with Crippen LogP contribution in [0.2, 0.25) is 0 Å². The van der Waals surface area contributed by atoms with E-state index in [0.29, 0.717) is 16.6 Å². The number of aromatic amines is 1. The highest BCUT2D eigenvalue weighted by molar-refractivity contribution is 5.90. The van der Waals surface area contributed by atoms with Gasteiger partial charge in [-0.15, -0.1) is 0 Å². The maximum Gasteiger partial charge on any atom is 0.237 e. The Labute approximate surface area is 62.0 Å². The first-order valence-electron chi connectivity index (χ1n) is 3.16. The number of nitrogens with two attached hydrogens (primary N) is 1. The number of anilines is 1. The Morgan fingerprint density at radius 3 is 3.09 bits per heavy atom. The predicted molar refractivity (Wildman–Crippen MR) is 40.5 cm³/mol. The van der Waals surface area contributed by atoms with Gasteiger partial charge in [-0.25, -0.2) is 4.98 Å². The molecule has 56 valence electrons. The highest BCUT2D eigenvalue weighted by atomic mass is 19.1. The summed E-state index contributed by atoms with van der Waals surface area (Å²) >= 11 is 0. The van der Waals surface area contributed by atoms with Crippen LogP contribution in [0.4, 0.5) is 10.1 Å². The number of fused-ring (bicyclic) bond motifs is 1. The Morgan fingerprint density at radius 2 is 2.36 bits per heavy atom. The molecule has 4 heteroatoms. The van der Waals surface area contributed by atoms with Gasteiger partial charge >= 0.3 is 0 Å². The first kappa shape index (κ1) is 6.15. The maximum atomic E-state index is 12.8. The van der Waals surface area contributed by atoms with E-state index in [1.807, 2.05) is 0 Å². The van der Waals surface area contributed by atoms with Crippen LogP contribution in [0.15, 0.2) is 18.5 Å². The smallest absolute Gasteiger partial charge is 0.237 e. The number of aromatic nitrogens is 2. The van der Waals surface area contributed by atoms with E-state index < -0.39 is 5.95 Å². The van der Waals surface area contributed by atoms with Gasteiger partial charge < -0.3 is 10.7 Å². The van der Waals surface area contributed by atoms with Gasteiger partial charge in [-0.1, -0.05) is 0 Å². The molecule has 11 heavy (non-hydrogen) atoms. The molecule has 2 aromatic heterocycles. The van der Waals surface area contributed by atoms with Crippen molar-refractivity contribution < 1.29 is 4.39 Å². The van der Waals surface area contributed by atoms with Gasteiger partial charge in [0.1, 0.15) is 5.52 Å². The van der Waals surface area contributed by atoms with E-state index in [9.17, 15) is 4.39 Å². The van der Waals surface area contributed by atoms with E-state index >= 15 is 0 Å². The molecule has 0 aliphatic rings. The molecule has 3 N–H and O–H groups in total. The molecule has 0 bridgehead atoms. The van der Waals surface area contributed by atoms with Gasteiger partial charge in [0.25, 0.3) is 0 Å². The molecule has 2 aromatic rings. The minimum absolute atomic E-state index is 0.366. The lowest BCUT2D eigenvalue weighted by atomic mass is 10.3. The monoisotopic (exact) mass is 151 g/mol. The first-order chi connectivity index (χ1) is 5.29. The topological polar surface area (TPSA) is 54.7 Å². The largest absolute Gasteiger partial charge is 0.397 e. The van der Waals surface area contributed by atoms with E-state index in [0.717, 1.165) is 0 Å². The lowest BCUT2D eigenvalue weighted by Gasteiger charge is -1.90. The van der Waals surface area contributed by atoms with Crippen LogP contribution in [0.5, 0.6) is 0 Å². The van der Waals surface area contributed by atoms with Crippen LogP contribution in [0.25, 0.3) is 10.9 Å². The van der Waals surface area contributed by atoms with Crippen molar-refractivity contribution in [3.8, 4) is 0 Å². The minimum Gasteiger partial charge on any atom is -0.397 e. The van der Waals surface area contributed by atoms with Crippen LogP contribution < -0.4 is 5.73 Å². The summed E-state index contributed by atoms with van der Waals surface area (Å²) < 4.78 is 12.8. The first-order valence-corrected chi connectivity index (χ1v) is 3.16. The molecule has 0 atom stereocenters. The zero-order chi connectivity index (χ0) is 7.84. The van der Waals surface area contributed by atoms with Gasteiger partial charge in [0.15, 0.2) is 0 Å². The van der Waals surface area contributed by atoms with Gasteiger partial charge in [-0.3, -0.25) is 0 Å². The van der Waals surface area contributed by atoms with Gasteiger partial charge in [-0.05, 0) is 6.07 Å². The van der Waals surface area contributed by atoms with E-state index in [1.54, 1.807) is 12.3 Å². The Bertz CT molecular complexity index is 393. The van der Waals surface area contributed by atoms with Crippen molar-refractivity contribution in [2.24, 2.45) is 0 Å². The third-order valence-electron chi connectivity index (χ3n) is 1.59. The molecule has 0 spiro atoms. The van der Waals surface area contributed by atoms with Crippen molar-refractivity contribution in [1.29, 1.82) is 0 Å². The molecule has 2 rings (SSSR count).